The Morgan fingerprint density at radius 2 is 1.89 bits per heavy atom. The van der Waals surface area contributed by atoms with Gasteiger partial charge in [-0.15, -0.1) is 24.0 Å². The van der Waals surface area contributed by atoms with Crippen molar-refractivity contribution >= 4 is 46.1 Å². The number of alkyl carbamates (subject to hydrolysis) is 1. The van der Waals surface area contributed by atoms with Gasteiger partial charge in [0, 0.05) is 39.8 Å². The van der Waals surface area contributed by atoms with E-state index in [9.17, 15) is 13.2 Å². The summed E-state index contributed by atoms with van der Waals surface area (Å²) in [6, 6.07) is 0.0191. The van der Waals surface area contributed by atoms with E-state index in [0.29, 0.717) is 26.2 Å². The second kappa shape index (κ2) is 10.3. The summed E-state index contributed by atoms with van der Waals surface area (Å²) in [6.07, 6.45) is 2.53. The zero-order valence-corrected chi connectivity index (χ0v) is 20.5. The number of carbonyl (C=O) groups is 1. The van der Waals surface area contributed by atoms with Crippen LogP contribution in [0.5, 0.6) is 0 Å². The highest BCUT2D eigenvalue weighted by molar-refractivity contribution is 14.0. The van der Waals surface area contributed by atoms with Gasteiger partial charge in [-0.2, -0.15) is 0 Å². The fourth-order valence-electron chi connectivity index (χ4n) is 3.38. The number of nitrogens with zero attached hydrogens (tertiary/aromatic N) is 3. The van der Waals surface area contributed by atoms with Gasteiger partial charge in [0.2, 0.25) is 10.0 Å². The Labute approximate surface area is 185 Å². The molecule has 1 unspecified atom stereocenters. The van der Waals surface area contributed by atoms with Crippen LogP contribution in [0.3, 0.4) is 0 Å². The highest BCUT2D eigenvalue weighted by Gasteiger charge is 2.30. The average Bonchev–Trinajstić information content (AvgIpc) is 3.15. The molecule has 0 spiro atoms. The predicted octanol–water partition coefficient (Wildman–Crippen LogP) is 1.06. The summed E-state index contributed by atoms with van der Waals surface area (Å²) in [6.45, 7) is 8.79. The lowest BCUT2D eigenvalue weighted by atomic mass is 10.1. The number of hydrogen-bond acceptors (Lipinski definition) is 5. The van der Waals surface area contributed by atoms with Gasteiger partial charge in [0.25, 0.3) is 0 Å². The first kappa shape index (κ1) is 25.2. The van der Waals surface area contributed by atoms with Crippen LogP contribution in [-0.4, -0.2) is 87.3 Å². The van der Waals surface area contributed by atoms with Gasteiger partial charge >= 0.3 is 6.09 Å². The Balaban J connectivity index is 0.00000392. The van der Waals surface area contributed by atoms with E-state index in [1.165, 1.54) is 10.6 Å². The molecule has 9 nitrogen and oxygen atoms in total. The molecule has 0 radical (unpaired) electrons. The Kier molecular flexibility index (Phi) is 9.26. The summed E-state index contributed by atoms with van der Waals surface area (Å²) >= 11 is 0. The third-order valence-corrected chi connectivity index (χ3v) is 5.96. The second-order valence-corrected chi connectivity index (χ2v) is 10.3. The van der Waals surface area contributed by atoms with Gasteiger partial charge < -0.3 is 20.3 Å². The van der Waals surface area contributed by atoms with E-state index in [-0.39, 0.29) is 35.9 Å². The maximum atomic E-state index is 11.9. The van der Waals surface area contributed by atoms with Crippen molar-refractivity contribution in [2.75, 3.05) is 46.0 Å². The van der Waals surface area contributed by atoms with Gasteiger partial charge in [0.15, 0.2) is 5.96 Å². The topological polar surface area (TPSA) is 103 Å². The van der Waals surface area contributed by atoms with E-state index in [2.05, 4.69) is 20.5 Å². The van der Waals surface area contributed by atoms with E-state index in [4.69, 9.17) is 4.74 Å². The SMILES string of the molecule is CN=C(NCC1CCN(S(C)(=O)=O)C1)N1CC[C@@H](NC(=O)OC(C)(C)C)C1.I. The fourth-order valence-corrected chi connectivity index (χ4v) is 4.30. The van der Waals surface area contributed by atoms with Crippen LogP contribution in [0.25, 0.3) is 0 Å². The van der Waals surface area contributed by atoms with Gasteiger partial charge in [0.1, 0.15) is 5.60 Å². The number of rotatable bonds is 4. The molecule has 0 aliphatic carbocycles. The number of amides is 1. The monoisotopic (exact) mass is 531 g/mol. The van der Waals surface area contributed by atoms with Crippen molar-refractivity contribution in [3.8, 4) is 0 Å². The van der Waals surface area contributed by atoms with Crippen LogP contribution >= 0.6 is 24.0 Å². The maximum Gasteiger partial charge on any atom is 0.407 e. The minimum absolute atomic E-state index is 0. The zero-order chi connectivity index (χ0) is 20.2. The number of hydrogen-bond donors (Lipinski definition) is 2. The Morgan fingerprint density at radius 1 is 1.21 bits per heavy atom. The molecular formula is C17H34IN5O4S. The number of halogens is 1. The Bertz CT molecular complexity index is 665. The lowest BCUT2D eigenvalue weighted by Gasteiger charge is -2.24. The molecular weight excluding hydrogens is 497 g/mol. The lowest BCUT2D eigenvalue weighted by molar-refractivity contribution is 0.0507. The van der Waals surface area contributed by atoms with Gasteiger partial charge in [-0.05, 0) is 39.5 Å². The molecule has 0 saturated carbocycles. The Morgan fingerprint density at radius 3 is 2.43 bits per heavy atom. The molecule has 2 aliphatic heterocycles. The summed E-state index contributed by atoms with van der Waals surface area (Å²) < 4.78 is 30.1. The molecule has 2 N–H and O–H groups in total. The minimum Gasteiger partial charge on any atom is -0.444 e. The summed E-state index contributed by atoms with van der Waals surface area (Å²) in [5, 5.41) is 6.25. The van der Waals surface area contributed by atoms with Crippen molar-refractivity contribution in [3.05, 3.63) is 0 Å². The molecule has 0 bridgehead atoms. The summed E-state index contributed by atoms with van der Waals surface area (Å²) in [5.41, 5.74) is -0.513. The van der Waals surface area contributed by atoms with Crippen molar-refractivity contribution in [2.24, 2.45) is 10.9 Å². The number of guanidine groups is 1. The fraction of sp³-hybridized carbons (Fsp3) is 0.882. The molecule has 2 saturated heterocycles. The van der Waals surface area contributed by atoms with Gasteiger partial charge in [-0.25, -0.2) is 17.5 Å². The van der Waals surface area contributed by atoms with Crippen LogP contribution in [0, 0.1) is 5.92 Å². The molecule has 2 atom stereocenters. The first-order valence-electron chi connectivity index (χ1n) is 9.38. The summed E-state index contributed by atoms with van der Waals surface area (Å²) in [5.74, 6) is 1.05. The smallest absolute Gasteiger partial charge is 0.407 e. The van der Waals surface area contributed by atoms with Crippen molar-refractivity contribution < 1.29 is 17.9 Å². The largest absolute Gasteiger partial charge is 0.444 e. The van der Waals surface area contributed by atoms with Crippen LogP contribution < -0.4 is 10.6 Å². The van der Waals surface area contributed by atoms with Crippen molar-refractivity contribution in [3.63, 3.8) is 0 Å². The van der Waals surface area contributed by atoms with Crippen LogP contribution in [-0.2, 0) is 14.8 Å². The molecule has 2 aliphatic rings. The third kappa shape index (κ3) is 7.90. The molecule has 11 heteroatoms. The normalized spacial score (nSPS) is 24.0. The molecule has 2 fully saturated rings. The zero-order valence-electron chi connectivity index (χ0n) is 17.4. The van der Waals surface area contributed by atoms with Crippen LogP contribution in [0.1, 0.15) is 33.6 Å². The van der Waals surface area contributed by atoms with Crippen molar-refractivity contribution in [1.29, 1.82) is 0 Å². The predicted molar refractivity (Wildman–Crippen MR) is 121 cm³/mol. The molecule has 164 valence electrons. The van der Waals surface area contributed by atoms with E-state index in [0.717, 1.165) is 25.3 Å². The van der Waals surface area contributed by atoms with E-state index in [1.807, 2.05) is 20.8 Å². The van der Waals surface area contributed by atoms with Gasteiger partial charge in [-0.1, -0.05) is 0 Å². The highest BCUT2D eigenvalue weighted by Crippen LogP contribution is 2.18. The van der Waals surface area contributed by atoms with Gasteiger partial charge in [0.05, 0.1) is 12.3 Å². The van der Waals surface area contributed by atoms with Crippen LogP contribution in [0.15, 0.2) is 4.99 Å². The number of aliphatic imine (C=N–C) groups is 1. The van der Waals surface area contributed by atoms with Crippen molar-refractivity contribution in [1.82, 2.24) is 19.8 Å². The molecule has 1 amide bonds. The molecule has 0 aromatic rings. The Hall–Kier alpha value is -0.820. The molecule has 0 aromatic carbocycles. The first-order chi connectivity index (χ1) is 12.5. The number of nitrogens with one attached hydrogen (secondary N) is 2. The summed E-state index contributed by atoms with van der Waals surface area (Å²) in [4.78, 5) is 18.4. The lowest BCUT2D eigenvalue weighted by Crippen LogP contribution is -2.45. The second-order valence-electron chi connectivity index (χ2n) is 8.28. The van der Waals surface area contributed by atoms with Crippen LogP contribution in [0.2, 0.25) is 0 Å². The molecule has 0 aromatic heterocycles. The number of likely N-dealkylation sites (tertiary alicyclic amines) is 1. The van der Waals surface area contributed by atoms with Crippen molar-refractivity contribution in [2.45, 2.75) is 45.3 Å². The number of sulfonamides is 1. The average molecular weight is 531 g/mol. The summed E-state index contributed by atoms with van der Waals surface area (Å²) in [7, 11) is -1.38. The molecule has 28 heavy (non-hydrogen) atoms. The quantitative estimate of drug-likeness (QED) is 0.320. The number of ether oxygens (including phenoxy) is 1. The number of carbonyl (C=O) groups excluding carboxylic acids is 1. The van der Waals surface area contributed by atoms with Gasteiger partial charge in [-0.3, -0.25) is 4.99 Å². The molecule has 2 rings (SSSR count). The van der Waals surface area contributed by atoms with E-state index in [1.54, 1.807) is 7.05 Å². The third-order valence-electron chi connectivity index (χ3n) is 4.69. The maximum absolute atomic E-state index is 11.9. The first-order valence-corrected chi connectivity index (χ1v) is 11.2. The highest BCUT2D eigenvalue weighted by atomic mass is 127. The molecule has 2 heterocycles. The standard InChI is InChI=1S/C17H33N5O4S.HI/c1-17(2,3)26-16(23)20-14-7-8-21(12-14)15(18-4)19-10-13-6-9-22(11-13)27(5,24)25;/h13-14H,6-12H2,1-5H3,(H,18,19)(H,20,23);1H/t13?,14-;/m1./s1. The van der Waals surface area contributed by atoms with E-state index >= 15 is 0 Å². The van der Waals surface area contributed by atoms with Crippen LogP contribution in [0.4, 0.5) is 4.79 Å². The van der Waals surface area contributed by atoms with E-state index < -0.39 is 21.7 Å². The minimum atomic E-state index is -3.11.